The lowest BCUT2D eigenvalue weighted by Gasteiger charge is -2.19. The van der Waals surface area contributed by atoms with Crippen molar-refractivity contribution in [2.75, 3.05) is 38.0 Å². The Kier molecular flexibility index (Phi) is 4.47. The second-order valence-electron chi connectivity index (χ2n) is 5.69. The Bertz CT molecular complexity index is 631. The van der Waals surface area contributed by atoms with Gasteiger partial charge in [0.15, 0.2) is 0 Å². The third-order valence-corrected chi connectivity index (χ3v) is 3.70. The fourth-order valence-electron chi connectivity index (χ4n) is 2.39. The predicted molar refractivity (Wildman–Crippen MR) is 87.9 cm³/mol. The van der Waals surface area contributed by atoms with Crippen LogP contribution in [0.25, 0.3) is 0 Å². The highest BCUT2D eigenvalue weighted by Gasteiger charge is 2.33. The van der Waals surface area contributed by atoms with Crippen LogP contribution in [0.1, 0.15) is 6.92 Å². The molecule has 2 rings (SSSR count). The molecule has 0 fully saturated rings. The van der Waals surface area contributed by atoms with Crippen LogP contribution in [0.5, 0.6) is 0 Å². The summed E-state index contributed by atoms with van der Waals surface area (Å²) in [6, 6.07) is 7.40. The summed E-state index contributed by atoms with van der Waals surface area (Å²) in [6.07, 6.45) is 3.72. The van der Waals surface area contributed by atoms with Crippen LogP contribution in [0.4, 0.5) is 11.4 Å². The summed E-state index contributed by atoms with van der Waals surface area (Å²) in [7, 11) is 7.34. The van der Waals surface area contributed by atoms with Crippen molar-refractivity contribution in [3.05, 3.63) is 47.7 Å². The Morgan fingerprint density at radius 3 is 1.86 bits per heavy atom. The zero-order chi connectivity index (χ0) is 16.4. The topological polar surface area (TPSA) is 45.1 Å². The Balaban J connectivity index is 2.59. The number of amides is 2. The highest BCUT2D eigenvalue weighted by molar-refractivity contribution is 6.30. The molecule has 0 atom stereocenters. The number of rotatable bonds is 2. The molecule has 0 spiro atoms. The van der Waals surface area contributed by atoms with Crippen molar-refractivity contribution in [1.29, 1.82) is 0 Å². The molecule has 1 aromatic carbocycles. The van der Waals surface area contributed by atoms with E-state index in [1.54, 1.807) is 21.0 Å². The molecule has 1 aliphatic rings. The van der Waals surface area contributed by atoms with Gasteiger partial charge in [-0.25, -0.2) is 0 Å². The largest absolute Gasteiger partial charge is 0.314 e. The summed E-state index contributed by atoms with van der Waals surface area (Å²) in [4.78, 5) is 29.6. The van der Waals surface area contributed by atoms with Crippen LogP contribution in [-0.4, -0.2) is 40.0 Å². The van der Waals surface area contributed by atoms with E-state index in [0.717, 1.165) is 16.3 Å². The molecular formula is C17H22N3O2+. The Morgan fingerprint density at radius 1 is 1.00 bits per heavy atom. The number of carbonyl (C=O) groups excluding carboxylic acids is 2. The van der Waals surface area contributed by atoms with Crippen LogP contribution in [0.15, 0.2) is 47.7 Å². The Labute approximate surface area is 131 Å². The van der Waals surface area contributed by atoms with Crippen LogP contribution in [-0.2, 0) is 9.59 Å². The number of nitrogens with one attached hydrogen (secondary N) is 1. The van der Waals surface area contributed by atoms with Crippen molar-refractivity contribution in [3.8, 4) is 0 Å². The number of benzene rings is 1. The van der Waals surface area contributed by atoms with Gasteiger partial charge >= 0.3 is 0 Å². The first-order valence-electron chi connectivity index (χ1n) is 7.19. The Hall–Kier alpha value is -2.40. The molecular weight excluding hydrogens is 278 g/mol. The Morgan fingerprint density at radius 2 is 1.45 bits per heavy atom. The van der Waals surface area contributed by atoms with E-state index in [-0.39, 0.29) is 17.4 Å². The van der Waals surface area contributed by atoms with Gasteiger partial charge in [-0.3, -0.25) is 9.59 Å². The quantitative estimate of drug-likeness (QED) is 0.642. The number of carbonyl (C=O) groups is 2. The van der Waals surface area contributed by atoms with Crippen LogP contribution in [0, 0.1) is 0 Å². The van der Waals surface area contributed by atoms with Gasteiger partial charge in [0.1, 0.15) is 5.57 Å². The number of nitrogens with zero attached hydrogens (tertiary/aromatic N) is 2. The highest BCUT2D eigenvalue weighted by Crippen LogP contribution is 2.33. The minimum Gasteiger partial charge on any atom is -0.314 e. The number of hydrogen-bond acceptors (Lipinski definition) is 2. The number of allylic oxidation sites excluding steroid dienone is 2. The number of likely N-dealkylation sites (N-methyl/N-ethyl adjacent to an activating group) is 2. The molecule has 0 aromatic heterocycles. The van der Waals surface area contributed by atoms with E-state index >= 15 is 0 Å². The van der Waals surface area contributed by atoms with Gasteiger partial charge in [-0.05, 0) is 30.7 Å². The van der Waals surface area contributed by atoms with Crippen LogP contribution < -0.4 is 14.7 Å². The maximum absolute atomic E-state index is 12.7. The molecule has 1 aliphatic heterocycles. The fourth-order valence-corrected chi connectivity index (χ4v) is 2.39. The van der Waals surface area contributed by atoms with E-state index in [9.17, 15) is 9.59 Å². The molecule has 0 saturated heterocycles. The molecule has 1 aromatic rings. The third kappa shape index (κ3) is 2.80. The molecule has 5 nitrogen and oxygen atoms in total. The van der Waals surface area contributed by atoms with Crippen molar-refractivity contribution in [3.63, 3.8) is 0 Å². The second kappa shape index (κ2) is 6.15. The number of hydrogen-bond donors (Lipinski definition) is 1. The summed E-state index contributed by atoms with van der Waals surface area (Å²) in [6.45, 7) is 1.79. The molecule has 1 N–H and O–H groups in total. The van der Waals surface area contributed by atoms with Crippen LogP contribution >= 0.6 is 0 Å². The van der Waals surface area contributed by atoms with Gasteiger partial charge in [-0.2, -0.15) is 0 Å². The van der Waals surface area contributed by atoms with Gasteiger partial charge in [-0.1, -0.05) is 12.1 Å². The predicted octanol–water partition coefficient (Wildman–Crippen LogP) is 0.600. The SMILES string of the molecule is CC(/C=C/[NH+](C)C)=C1C(=O)N(C)c2ccccc2N(C)C1=O. The number of anilines is 2. The summed E-state index contributed by atoms with van der Waals surface area (Å²) in [5.74, 6) is -0.560. The molecule has 0 unspecified atom stereocenters. The average molecular weight is 300 g/mol. The molecule has 0 bridgehead atoms. The molecule has 0 radical (unpaired) electrons. The first kappa shape index (κ1) is 16.0. The van der Waals surface area contributed by atoms with E-state index in [1.807, 2.05) is 50.6 Å². The van der Waals surface area contributed by atoms with Crippen LogP contribution in [0.3, 0.4) is 0 Å². The molecule has 116 valence electrons. The smallest absolute Gasteiger partial charge is 0.263 e. The maximum atomic E-state index is 12.7. The normalized spacial score (nSPS) is 15.6. The number of para-hydroxylation sites is 2. The van der Waals surface area contributed by atoms with Crippen molar-refractivity contribution < 1.29 is 14.5 Å². The van der Waals surface area contributed by atoms with E-state index in [4.69, 9.17) is 0 Å². The van der Waals surface area contributed by atoms with Gasteiger partial charge in [-0.15, -0.1) is 0 Å². The van der Waals surface area contributed by atoms with Crippen LogP contribution in [0.2, 0.25) is 0 Å². The highest BCUT2D eigenvalue weighted by atomic mass is 16.2. The first-order valence-corrected chi connectivity index (χ1v) is 7.19. The lowest BCUT2D eigenvalue weighted by atomic mass is 10.1. The van der Waals surface area contributed by atoms with Gasteiger partial charge < -0.3 is 14.7 Å². The third-order valence-electron chi connectivity index (χ3n) is 3.70. The van der Waals surface area contributed by atoms with Gasteiger partial charge in [0.05, 0.1) is 31.7 Å². The van der Waals surface area contributed by atoms with Crippen molar-refractivity contribution in [2.24, 2.45) is 0 Å². The standard InChI is InChI=1S/C17H21N3O2/c1-12(10-11-18(2)3)15-16(21)19(4)13-8-6-7-9-14(13)20(5)17(15)22/h6-11H,1-5H3/p+1/b11-10+. The minimum absolute atomic E-state index is 0.207. The average Bonchev–Trinajstić information content (AvgIpc) is 2.56. The zero-order valence-electron chi connectivity index (χ0n) is 13.7. The number of quaternary nitrogens is 1. The molecule has 2 amide bonds. The van der Waals surface area contributed by atoms with Crippen molar-refractivity contribution in [2.45, 2.75) is 6.92 Å². The summed E-state index contributed by atoms with van der Waals surface area (Å²) < 4.78 is 0. The van der Waals surface area contributed by atoms with Gasteiger partial charge in [0.2, 0.25) is 0 Å². The minimum atomic E-state index is -0.280. The maximum Gasteiger partial charge on any atom is 0.263 e. The van der Waals surface area contributed by atoms with E-state index in [0.29, 0.717) is 5.57 Å². The molecule has 0 saturated carbocycles. The van der Waals surface area contributed by atoms with Gasteiger partial charge in [0, 0.05) is 14.1 Å². The van der Waals surface area contributed by atoms with E-state index in [2.05, 4.69) is 0 Å². The molecule has 1 heterocycles. The second-order valence-corrected chi connectivity index (χ2v) is 5.69. The summed E-state index contributed by atoms with van der Waals surface area (Å²) >= 11 is 0. The van der Waals surface area contributed by atoms with E-state index in [1.165, 1.54) is 9.80 Å². The lowest BCUT2D eigenvalue weighted by Crippen LogP contribution is -3.00. The molecule has 0 aliphatic carbocycles. The summed E-state index contributed by atoms with van der Waals surface area (Å²) in [5, 5.41) is 0. The van der Waals surface area contributed by atoms with Crippen molar-refractivity contribution >= 4 is 23.2 Å². The zero-order valence-corrected chi connectivity index (χ0v) is 13.7. The number of fused-ring (bicyclic) bond motifs is 1. The fraction of sp³-hybridized carbons (Fsp3) is 0.294. The van der Waals surface area contributed by atoms with Crippen molar-refractivity contribution in [1.82, 2.24) is 0 Å². The first-order chi connectivity index (χ1) is 10.3. The molecule has 5 heteroatoms. The monoisotopic (exact) mass is 300 g/mol. The summed E-state index contributed by atoms with van der Waals surface area (Å²) in [5.41, 5.74) is 2.34. The molecule has 22 heavy (non-hydrogen) atoms. The van der Waals surface area contributed by atoms with E-state index < -0.39 is 0 Å². The van der Waals surface area contributed by atoms with Gasteiger partial charge in [0.25, 0.3) is 11.8 Å². The lowest BCUT2D eigenvalue weighted by molar-refractivity contribution is -0.801.